The Morgan fingerprint density at radius 3 is 2.23 bits per heavy atom. The zero-order valence-electron chi connectivity index (χ0n) is 8.25. The maximum atomic E-state index is 3.46. The third-order valence-electron chi connectivity index (χ3n) is 2.33. The summed E-state index contributed by atoms with van der Waals surface area (Å²) in [7, 11) is 4.12. The Morgan fingerprint density at radius 1 is 1.15 bits per heavy atom. The fourth-order valence-electron chi connectivity index (χ4n) is 1.32. The van der Waals surface area contributed by atoms with Gasteiger partial charge in [-0.2, -0.15) is 0 Å². The van der Waals surface area contributed by atoms with E-state index >= 15 is 0 Å². The molecule has 1 fully saturated rings. The molecule has 0 amide bonds. The minimum absolute atomic E-state index is 0.741. The average molecular weight is 176 g/mol. The molecule has 1 aliphatic carbocycles. The second-order valence-electron chi connectivity index (χ2n) is 3.86. The monoisotopic (exact) mass is 176 g/mol. The van der Waals surface area contributed by atoms with E-state index in [1.54, 1.807) is 0 Å². The van der Waals surface area contributed by atoms with Gasteiger partial charge < -0.3 is 10.2 Å². The van der Waals surface area contributed by atoms with E-state index in [0.29, 0.717) is 0 Å². The van der Waals surface area contributed by atoms with E-state index < -0.39 is 0 Å². The molecule has 1 N–H and O–H groups in total. The Hall–Kier alpha value is -1.18. The second-order valence-corrected chi connectivity index (χ2v) is 3.86. The molecule has 70 valence electrons. The first-order valence-electron chi connectivity index (χ1n) is 4.79. The lowest BCUT2D eigenvalue weighted by atomic mass is 10.2. The maximum absolute atomic E-state index is 3.46. The van der Waals surface area contributed by atoms with Crippen molar-refractivity contribution in [2.24, 2.45) is 0 Å². The number of rotatable bonds is 3. The smallest absolute Gasteiger partial charge is 0.0362 e. The molecule has 0 unspecified atom stereocenters. The largest absolute Gasteiger partial charge is 0.382 e. The van der Waals surface area contributed by atoms with Crippen LogP contribution in [0.2, 0.25) is 0 Å². The van der Waals surface area contributed by atoms with Crippen LogP contribution in [0.5, 0.6) is 0 Å². The Kier molecular flexibility index (Phi) is 2.13. The molecule has 0 aliphatic heterocycles. The minimum Gasteiger partial charge on any atom is -0.382 e. The summed E-state index contributed by atoms with van der Waals surface area (Å²) >= 11 is 0. The SMILES string of the molecule is CN(C)c1ccc(NC2CC2)cc1. The van der Waals surface area contributed by atoms with Crippen molar-refractivity contribution in [1.82, 2.24) is 0 Å². The summed E-state index contributed by atoms with van der Waals surface area (Å²) in [5.74, 6) is 0. The Balaban J connectivity index is 2.04. The van der Waals surface area contributed by atoms with Crippen LogP contribution in [0.25, 0.3) is 0 Å². The highest BCUT2D eigenvalue weighted by Crippen LogP contribution is 2.25. The third kappa shape index (κ3) is 2.14. The van der Waals surface area contributed by atoms with Crippen LogP contribution in [0.1, 0.15) is 12.8 Å². The number of nitrogens with one attached hydrogen (secondary N) is 1. The summed E-state index contributed by atoms with van der Waals surface area (Å²) in [6.45, 7) is 0. The quantitative estimate of drug-likeness (QED) is 0.760. The molecule has 1 aliphatic rings. The average Bonchev–Trinajstić information content (AvgIpc) is 2.89. The molecule has 1 aromatic carbocycles. The van der Waals surface area contributed by atoms with Crippen LogP contribution < -0.4 is 10.2 Å². The first-order valence-corrected chi connectivity index (χ1v) is 4.79. The van der Waals surface area contributed by atoms with E-state index in [4.69, 9.17) is 0 Å². The number of benzene rings is 1. The minimum atomic E-state index is 0.741. The molecule has 0 radical (unpaired) electrons. The van der Waals surface area contributed by atoms with Gasteiger partial charge in [0.25, 0.3) is 0 Å². The van der Waals surface area contributed by atoms with Gasteiger partial charge in [-0.3, -0.25) is 0 Å². The summed E-state index contributed by atoms with van der Waals surface area (Å²) in [4.78, 5) is 2.11. The Bertz CT molecular complexity index is 273. The number of nitrogens with zero attached hydrogens (tertiary/aromatic N) is 1. The van der Waals surface area contributed by atoms with Gasteiger partial charge in [-0.05, 0) is 37.1 Å². The normalized spacial score (nSPS) is 15.5. The highest BCUT2D eigenvalue weighted by Gasteiger charge is 2.20. The Labute approximate surface area is 79.6 Å². The van der Waals surface area contributed by atoms with Crippen LogP contribution in [0.4, 0.5) is 11.4 Å². The lowest BCUT2D eigenvalue weighted by Crippen LogP contribution is -2.08. The Morgan fingerprint density at radius 2 is 1.77 bits per heavy atom. The number of hydrogen-bond donors (Lipinski definition) is 1. The van der Waals surface area contributed by atoms with Gasteiger partial charge in [0.1, 0.15) is 0 Å². The van der Waals surface area contributed by atoms with Crippen LogP contribution in [-0.4, -0.2) is 20.1 Å². The molecule has 13 heavy (non-hydrogen) atoms. The predicted molar refractivity (Wildman–Crippen MR) is 57.4 cm³/mol. The van der Waals surface area contributed by atoms with Crippen LogP contribution in [0, 0.1) is 0 Å². The topological polar surface area (TPSA) is 15.3 Å². The number of hydrogen-bond acceptors (Lipinski definition) is 2. The van der Waals surface area contributed by atoms with Gasteiger partial charge in [-0.25, -0.2) is 0 Å². The van der Waals surface area contributed by atoms with Gasteiger partial charge in [0.05, 0.1) is 0 Å². The standard InChI is InChI=1S/C11H16N2/c1-13(2)11-7-5-10(6-8-11)12-9-3-4-9/h5-9,12H,3-4H2,1-2H3. The van der Waals surface area contributed by atoms with Crippen molar-refractivity contribution < 1.29 is 0 Å². The highest BCUT2D eigenvalue weighted by atomic mass is 15.1. The van der Waals surface area contributed by atoms with Crippen molar-refractivity contribution in [2.75, 3.05) is 24.3 Å². The van der Waals surface area contributed by atoms with Crippen molar-refractivity contribution >= 4 is 11.4 Å². The van der Waals surface area contributed by atoms with Gasteiger partial charge in [-0.15, -0.1) is 0 Å². The zero-order valence-corrected chi connectivity index (χ0v) is 8.25. The van der Waals surface area contributed by atoms with Crippen LogP contribution in [-0.2, 0) is 0 Å². The predicted octanol–water partition coefficient (Wildman–Crippen LogP) is 2.33. The molecule has 0 heterocycles. The van der Waals surface area contributed by atoms with Gasteiger partial charge in [0.15, 0.2) is 0 Å². The summed E-state index contributed by atoms with van der Waals surface area (Å²) in [6, 6.07) is 9.32. The molecule has 0 bridgehead atoms. The van der Waals surface area contributed by atoms with E-state index in [0.717, 1.165) is 6.04 Å². The molecule has 2 rings (SSSR count). The van der Waals surface area contributed by atoms with E-state index in [9.17, 15) is 0 Å². The van der Waals surface area contributed by atoms with Gasteiger partial charge in [-0.1, -0.05) is 0 Å². The summed E-state index contributed by atoms with van der Waals surface area (Å²) in [5, 5.41) is 3.46. The maximum Gasteiger partial charge on any atom is 0.0362 e. The van der Waals surface area contributed by atoms with Crippen molar-refractivity contribution in [3.63, 3.8) is 0 Å². The van der Waals surface area contributed by atoms with E-state index in [1.807, 2.05) is 0 Å². The van der Waals surface area contributed by atoms with Crippen molar-refractivity contribution in [1.29, 1.82) is 0 Å². The lowest BCUT2D eigenvalue weighted by Gasteiger charge is -2.13. The summed E-state index contributed by atoms with van der Waals surface area (Å²) in [5.41, 5.74) is 2.49. The fourth-order valence-corrected chi connectivity index (χ4v) is 1.32. The molecular formula is C11H16N2. The van der Waals surface area contributed by atoms with Gasteiger partial charge in [0, 0.05) is 31.5 Å². The first kappa shape index (κ1) is 8.42. The molecule has 0 aromatic heterocycles. The van der Waals surface area contributed by atoms with Crippen molar-refractivity contribution in [3.05, 3.63) is 24.3 Å². The highest BCUT2D eigenvalue weighted by molar-refractivity contribution is 5.55. The molecule has 1 saturated carbocycles. The van der Waals surface area contributed by atoms with Crippen LogP contribution >= 0.6 is 0 Å². The molecule has 0 saturated heterocycles. The van der Waals surface area contributed by atoms with E-state index in [1.165, 1.54) is 24.2 Å². The first-order chi connectivity index (χ1) is 6.25. The molecule has 0 spiro atoms. The van der Waals surface area contributed by atoms with E-state index in [2.05, 4.69) is 48.6 Å². The molecular weight excluding hydrogens is 160 g/mol. The zero-order chi connectivity index (χ0) is 9.26. The van der Waals surface area contributed by atoms with Crippen LogP contribution in [0.3, 0.4) is 0 Å². The summed E-state index contributed by atoms with van der Waals surface area (Å²) in [6.07, 6.45) is 2.66. The molecule has 0 atom stereocenters. The lowest BCUT2D eigenvalue weighted by molar-refractivity contribution is 1.12. The molecule has 2 heteroatoms. The van der Waals surface area contributed by atoms with E-state index in [-0.39, 0.29) is 0 Å². The van der Waals surface area contributed by atoms with Crippen LogP contribution in [0.15, 0.2) is 24.3 Å². The van der Waals surface area contributed by atoms with Gasteiger partial charge in [0.2, 0.25) is 0 Å². The second kappa shape index (κ2) is 3.29. The van der Waals surface area contributed by atoms with Crippen molar-refractivity contribution in [3.8, 4) is 0 Å². The third-order valence-corrected chi connectivity index (χ3v) is 2.33. The fraction of sp³-hybridized carbons (Fsp3) is 0.455. The van der Waals surface area contributed by atoms with Crippen molar-refractivity contribution in [2.45, 2.75) is 18.9 Å². The molecule has 2 nitrogen and oxygen atoms in total. The summed E-state index contributed by atoms with van der Waals surface area (Å²) < 4.78 is 0. The number of anilines is 2. The van der Waals surface area contributed by atoms with Gasteiger partial charge >= 0.3 is 0 Å². The molecule has 1 aromatic rings.